The van der Waals surface area contributed by atoms with Crippen molar-refractivity contribution in [2.45, 2.75) is 44.2 Å². The van der Waals surface area contributed by atoms with E-state index in [4.69, 9.17) is 5.73 Å². The third-order valence-corrected chi connectivity index (χ3v) is 4.12. The van der Waals surface area contributed by atoms with Crippen molar-refractivity contribution in [3.8, 4) is 0 Å². The Kier molecular flexibility index (Phi) is 4.00. The fourth-order valence-electron chi connectivity index (χ4n) is 3.22. The Morgan fingerprint density at radius 3 is 2.40 bits per heavy atom. The van der Waals surface area contributed by atoms with Crippen LogP contribution in [0.15, 0.2) is 0 Å². The Morgan fingerprint density at radius 2 is 1.87 bits per heavy atom. The summed E-state index contributed by atoms with van der Waals surface area (Å²) in [7, 11) is 2.25. The van der Waals surface area contributed by atoms with E-state index >= 15 is 0 Å². The number of piperidine rings is 1. The first-order valence-corrected chi connectivity index (χ1v) is 6.47. The van der Waals surface area contributed by atoms with Gasteiger partial charge in [-0.15, -0.1) is 0 Å². The lowest BCUT2D eigenvalue weighted by molar-refractivity contribution is 0.102. The van der Waals surface area contributed by atoms with Gasteiger partial charge in [-0.05, 0) is 52.4 Å². The molecule has 3 heteroatoms. The Balaban J connectivity index is 1.95. The second-order valence-corrected chi connectivity index (χ2v) is 5.09. The van der Waals surface area contributed by atoms with Gasteiger partial charge in [0.2, 0.25) is 0 Å². The number of nitrogens with two attached hydrogens (primary N) is 1. The zero-order valence-corrected chi connectivity index (χ0v) is 9.99. The van der Waals surface area contributed by atoms with E-state index in [1.807, 2.05) is 0 Å². The number of rotatable bonds is 3. The molecule has 3 nitrogen and oxygen atoms in total. The molecule has 0 spiro atoms. The van der Waals surface area contributed by atoms with Crippen molar-refractivity contribution in [3.05, 3.63) is 0 Å². The highest BCUT2D eigenvalue weighted by molar-refractivity contribution is 4.90. The summed E-state index contributed by atoms with van der Waals surface area (Å²) < 4.78 is 0. The predicted octanol–water partition coefficient (Wildman–Crippen LogP) is 0.894. The van der Waals surface area contributed by atoms with Gasteiger partial charge in [0.15, 0.2) is 0 Å². The standard InChI is InChI=1S/C12H25N3/c1-14-7-5-6-11(14)12(10-13)15-8-3-2-4-9-15/h11-12H,2-10,13H2,1H3. The van der Waals surface area contributed by atoms with Crippen LogP contribution >= 0.6 is 0 Å². The van der Waals surface area contributed by atoms with Crippen molar-refractivity contribution in [2.75, 3.05) is 33.2 Å². The molecule has 0 aromatic rings. The molecule has 0 aromatic carbocycles. The second-order valence-electron chi connectivity index (χ2n) is 5.09. The number of likely N-dealkylation sites (N-methyl/N-ethyl adjacent to an activating group) is 1. The zero-order chi connectivity index (χ0) is 10.7. The minimum Gasteiger partial charge on any atom is -0.329 e. The largest absolute Gasteiger partial charge is 0.329 e. The van der Waals surface area contributed by atoms with Crippen molar-refractivity contribution in [3.63, 3.8) is 0 Å². The van der Waals surface area contributed by atoms with Gasteiger partial charge in [0.25, 0.3) is 0 Å². The maximum atomic E-state index is 5.98. The molecule has 2 aliphatic rings. The molecule has 2 fully saturated rings. The zero-order valence-electron chi connectivity index (χ0n) is 9.99. The molecular formula is C12H25N3. The smallest absolute Gasteiger partial charge is 0.0373 e. The number of nitrogens with zero attached hydrogens (tertiary/aromatic N) is 2. The van der Waals surface area contributed by atoms with Gasteiger partial charge in [-0.2, -0.15) is 0 Å². The van der Waals surface area contributed by atoms with Crippen LogP contribution in [0.3, 0.4) is 0 Å². The Labute approximate surface area is 93.6 Å². The van der Waals surface area contributed by atoms with Gasteiger partial charge in [-0.3, -0.25) is 4.90 Å². The molecule has 2 atom stereocenters. The number of likely N-dealkylation sites (tertiary alicyclic amines) is 2. The van der Waals surface area contributed by atoms with Crippen molar-refractivity contribution in [2.24, 2.45) is 5.73 Å². The molecule has 2 heterocycles. The molecule has 2 unspecified atom stereocenters. The van der Waals surface area contributed by atoms with Crippen LogP contribution in [0.2, 0.25) is 0 Å². The lowest BCUT2D eigenvalue weighted by Crippen LogP contribution is -2.53. The van der Waals surface area contributed by atoms with Crippen LogP contribution < -0.4 is 5.73 Å². The Hall–Kier alpha value is -0.120. The van der Waals surface area contributed by atoms with Gasteiger partial charge < -0.3 is 10.6 Å². The molecule has 2 rings (SSSR count). The van der Waals surface area contributed by atoms with E-state index in [1.54, 1.807) is 0 Å². The molecule has 2 aliphatic heterocycles. The monoisotopic (exact) mass is 211 g/mol. The molecule has 0 aliphatic carbocycles. The van der Waals surface area contributed by atoms with E-state index in [0.29, 0.717) is 12.1 Å². The normalized spacial score (nSPS) is 32.0. The SMILES string of the molecule is CN1CCCC1C(CN)N1CCCCC1. The van der Waals surface area contributed by atoms with Crippen molar-refractivity contribution >= 4 is 0 Å². The first-order chi connectivity index (χ1) is 7.33. The summed E-state index contributed by atoms with van der Waals surface area (Å²) in [5.41, 5.74) is 5.98. The Bertz CT molecular complexity index is 189. The minimum absolute atomic E-state index is 0.609. The molecule has 88 valence electrons. The molecule has 0 radical (unpaired) electrons. The maximum absolute atomic E-state index is 5.98. The van der Waals surface area contributed by atoms with Crippen molar-refractivity contribution in [1.29, 1.82) is 0 Å². The lowest BCUT2D eigenvalue weighted by atomic mass is 10.0. The Morgan fingerprint density at radius 1 is 1.13 bits per heavy atom. The fourth-order valence-corrected chi connectivity index (χ4v) is 3.22. The average molecular weight is 211 g/mol. The van der Waals surface area contributed by atoms with E-state index in [9.17, 15) is 0 Å². The van der Waals surface area contributed by atoms with Crippen LogP contribution in [0.5, 0.6) is 0 Å². The molecule has 2 N–H and O–H groups in total. The van der Waals surface area contributed by atoms with Crippen molar-refractivity contribution in [1.82, 2.24) is 9.80 Å². The summed E-state index contributed by atoms with van der Waals surface area (Å²) in [5, 5.41) is 0. The predicted molar refractivity (Wildman–Crippen MR) is 63.9 cm³/mol. The van der Waals surface area contributed by atoms with Gasteiger partial charge in [-0.1, -0.05) is 6.42 Å². The first kappa shape index (κ1) is 11.4. The minimum atomic E-state index is 0.609. The van der Waals surface area contributed by atoms with Crippen LogP contribution in [0, 0.1) is 0 Å². The summed E-state index contributed by atoms with van der Waals surface area (Å²) in [6.07, 6.45) is 6.84. The molecule has 0 aromatic heterocycles. The van der Waals surface area contributed by atoms with E-state index in [0.717, 1.165) is 6.54 Å². The third-order valence-electron chi connectivity index (χ3n) is 4.12. The summed E-state index contributed by atoms with van der Waals surface area (Å²) in [4.78, 5) is 5.14. The van der Waals surface area contributed by atoms with E-state index < -0.39 is 0 Å². The van der Waals surface area contributed by atoms with Gasteiger partial charge >= 0.3 is 0 Å². The highest BCUT2D eigenvalue weighted by Gasteiger charge is 2.32. The van der Waals surface area contributed by atoms with Gasteiger partial charge in [0, 0.05) is 18.6 Å². The van der Waals surface area contributed by atoms with E-state index in [1.165, 1.54) is 51.7 Å². The number of hydrogen-bond donors (Lipinski definition) is 1. The third kappa shape index (κ3) is 2.52. The van der Waals surface area contributed by atoms with E-state index in [-0.39, 0.29) is 0 Å². The van der Waals surface area contributed by atoms with Crippen molar-refractivity contribution < 1.29 is 0 Å². The summed E-state index contributed by atoms with van der Waals surface area (Å²) in [6.45, 7) is 4.63. The highest BCUT2D eigenvalue weighted by atomic mass is 15.3. The van der Waals surface area contributed by atoms with Gasteiger partial charge in [-0.25, -0.2) is 0 Å². The van der Waals surface area contributed by atoms with E-state index in [2.05, 4.69) is 16.8 Å². The summed E-state index contributed by atoms with van der Waals surface area (Å²) in [5.74, 6) is 0. The average Bonchev–Trinajstić information content (AvgIpc) is 2.68. The molecule has 0 bridgehead atoms. The molecule has 0 saturated carbocycles. The second kappa shape index (κ2) is 5.28. The first-order valence-electron chi connectivity index (χ1n) is 6.47. The molecule has 15 heavy (non-hydrogen) atoms. The summed E-state index contributed by atoms with van der Waals surface area (Å²) in [6, 6.07) is 1.32. The van der Waals surface area contributed by atoms with Gasteiger partial charge in [0.1, 0.15) is 0 Å². The molecule has 2 saturated heterocycles. The van der Waals surface area contributed by atoms with Crippen LogP contribution in [-0.4, -0.2) is 55.1 Å². The van der Waals surface area contributed by atoms with Crippen LogP contribution in [0.4, 0.5) is 0 Å². The number of hydrogen-bond acceptors (Lipinski definition) is 3. The van der Waals surface area contributed by atoms with Crippen LogP contribution in [0.1, 0.15) is 32.1 Å². The van der Waals surface area contributed by atoms with Crippen LogP contribution in [-0.2, 0) is 0 Å². The van der Waals surface area contributed by atoms with Gasteiger partial charge in [0.05, 0.1) is 0 Å². The fraction of sp³-hybridized carbons (Fsp3) is 1.00. The lowest BCUT2D eigenvalue weighted by Gasteiger charge is -2.39. The van der Waals surface area contributed by atoms with Crippen LogP contribution in [0.25, 0.3) is 0 Å². The molecule has 0 amide bonds. The quantitative estimate of drug-likeness (QED) is 0.752. The highest BCUT2D eigenvalue weighted by Crippen LogP contribution is 2.23. The maximum Gasteiger partial charge on any atom is 0.0373 e. The summed E-state index contributed by atoms with van der Waals surface area (Å²) >= 11 is 0. The topological polar surface area (TPSA) is 32.5 Å². The molecular weight excluding hydrogens is 186 g/mol.